The molecule has 0 aliphatic carbocycles. The van der Waals surface area contributed by atoms with Gasteiger partial charge < -0.3 is 19.7 Å². The van der Waals surface area contributed by atoms with Gasteiger partial charge in [0.05, 0.1) is 25.9 Å². The van der Waals surface area contributed by atoms with Crippen molar-refractivity contribution < 1.29 is 29.3 Å². The molecule has 0 bridgehead atoms. The van der Waals surface area contributed by atoms with E-state index in [-0.39, 0.29) is 19.1 Å². The predicted octanol–water partition coefficient (Wildman–Crippen LogP) is 0.426. The van der Waals surface area contributed by atoms with Crippen LogP contribution >= 0.6 is 0 Å². The number of ether oxygens (including phenoxy) is 2. The Bertz CT molecular complexity index is 275. The molecule has 2 unspecified atom stereocenters. The third-order valence-electron chi connectivity index (χ3n) is 2.37. The van der Waals surface area contributed by atoms with Gasteiger partial charge in [0.15, 0.2) is 5.41 Å². The van der Waals surface area contributed by atoms with Crippen molar-refractivity contribution in [1.82, 2.24) is 0 Å². The van der Waals surface area contributed by atoms with Crippen LogP contribution in [0.25, 0.3) is 0 Å². The summed E-state index contributed by atoms with van der Waals surface area (Å²) in [7, 11) is 1.11. The van der Waals surface area contributed by atoms with Crippen molar-refractivity contribution in [2.45, 2.75) is 39.4 Å². The smallest absolute Gasteiger partial charge is 0.323 e. The van der Waals surface area contributed by atoms with Crippen LogP contribution in [0.5, 0.6) is 0 Å². The molecule has 0 aromatic carbocycles. The van der Waals surface area contributed by atoms with Crippen LogP contribution in [0.2, 0.25) is 0 Å². The van der Waals surface area contributed by atoms with Crippen LogP contribution in [0.4, 0.5) is 0 Å². The summed E-state index contributed by atoms with van der Waals surface area (Å²) in [6.07, 6.45) is -1.35. The number of aliphatic hydroxyl groups excluding tert-OH is 1. The number of carboxylic acid groups (broad SMARTS) is 1. The second-order valence-electron chi connectivity index (χ2n) is 4.37. The lowest BCUT2D eigenvalue weighted by molar-refractivity contribution is -0.168. The highest BCUT2D eigenvalue weighted by Gasteiger charge is 2.44. The molecule has 2 atom stereocenters. The topological polar surface area (TPSA) is 93.1 Å². The van der Waals surface area contributed by atoms with Gasteiger partial charge in [0, 0.05) is 6.42 Å². The largest absolute Gasteiger partial charge is 0.480 e. The molecule has 0 aliphatic heterocycles. The number of carbonyl (C=O) groups is 2. The molecule has 0 fully saturated rings. The second-order valence-corrected chi connectivity index (χ2v) is 4.37. The minimum Gasteiger partial charge on any atom is -0.480 e. The van der Waals surface area contributed by atoms with Gasteiger partial charge in [0.25, 0.3) is 0 Å². The number of hydrogen-bond acceptors (Lipinski definition) is 5. The molecule has 0 aromatic heterocycles. The molecule has 17 heavy (non-hydrogen) atoms. The molecule has 100 valence electrons. The van der Waals surface area contributed by atoms with Crippen LogP contribution in [0.1, 0.15) is 27.2 Å². The van der Waals surface area contributed by atoms with Gasteiger partial charge in [-0.15, -0.1) is 0 Å². The van der Waals surface area contributed by atoms with Crippen molar-refractivity contribution in [3.8, 4) is 0 Å². The molecule has 6 heteroatoms. The standard InChI is InChI=1S/C11H20O6/c1-7(2)17-6-8(12)5-11(3,9(13)14)10(15)16-4/h7-8,12H,5-6H2,1-4H3,(H,13,14). The van der Waals surface area contributed by atoms with Gasteiger partial charge in [-0.25, -0.2) is 0 Å². The zero-order chi connectivity index (χ0) is 13.6. The number of esters is 1. The molecule has 6 nitrogen and oxygen atoms in total. The number of rotatable bonds is 7. The number of carboxylic acids is 1. The molecule has 0 saturated heterocycles. The van der Waals surface area contributed by atoms with Crippen molar-refractivity contribution in [2.75, 3.05) is 13.7 Å². The van der Waals surface area contributed by atoms with E-state index in [9.17, 15) is 14.7 Å². The van der Waals surface area contributed by atoms with Crippen LogP contribution in [0.15, 0.2) is 0 Å². The Morgan fingerprint density at radius 2 is 1.88 bits per heavy atom. The van der Waals surface area contributed by atoms with Crippen molar-refractivity contribution in [3.63, 3.8) is 0 Å². The highest BCUT2D eigenvalue weighted by atomic mass is 16.5. The highest BCUT2D eigenvalue weighted by molar-refractivity contribution is 5.98. The molecular formula is C11H20O6. The van der Waals surface area contributed by atoms with E-state index >= 15 is 0 Å². The van der Waals surface area contributed by atoms with Gasteiger partial charge in [0.1, 0.15) is 0 Å². The third-order valence-corrected chi connectivity index (χ3v) is 2.37. The van der Waals surface area contributed by atoms with Crippen molar-refractivity contribution >= 4 is 11.9 Å². The zero-order valence-corrected chi connectivity index (χ0v) is 10.6. The molecule has 2 N–H and O–H groups in total. The molecule has 0 rings (SSSR count). The average Bonchev–Trinajstić information content (AvgIpc) is 2.24. The van der Waals surface area contributed by atoms with Gasteiger partial charge in [-0.3, -0.25) is 9.59 Å². The van der Waals surface area contributed by atoms with Gasteiger partial charge in [0.2, 0.25) is 0 Å². The molecule has 0 heterocycles. The average molecular weight is 248 g/mol. The first-order chi connectivity index (χ1) is 7.74. The number of aliphatic carboxylic acids is 1. The number of carbonyl (C=O) groups excluding carboxylic acids is 1. The lowest BCUT2D eigenvalue weighted by atomic mass is 9.84. The van der Waals surface area contributed by atoms with Gasteiger partial charge in [-0.05, 0) is 20.8 Å². The Balaban J connectivity index is 4.55. The molecular weight excluding hydrogens is 228 g/mol. The van der Waals surface area contributed by atoms with Crippen LogP contribution in [0.3, 0.4) is 0 Å². The number of aliphatic hydroxyl groups is 1. The summed E-state index contributed by atoms with van der Waals surface area (Å²) < 4.78 is 9.58. The normalized spacial score (nSPS) is 16.4. The summed E-state index contributed by atoms with van der Waals surface area (Å²) in [5.74, 6) is -2.21. The maximum absolute atomic E-state index is 11.4. The van der Waals surface area contributed by atoms with E-state index in [1.165, 1.54) is 6.92 Å². The fourth-order valence-corrected chi connectivity index (χ4v) is 1.32. The SMILES string of the molecule is COC(=O)C(C)(CC(O)COC(C)C)C(=O)O. The fraction of sp³-hybridized carbons (Fsp3) is 0.818. The van der Waals surface area contributed by atoms with Crippen molar-refractivity contribution in [3.05, 3.63) is 0 Å². The van der Waals surface area contributed by atoms with E-state index < -0.39 is 23.5 Å². The molecule has 0 amide bonds. The Hall–Kier alpha value is -1.14. The van der Waals surface area contributed by atoms with Crippen molar-refractivity contribution in [1.29, 1.82) is 0 Å². The van der Waals surface area contributed by atoms with E-state index in [1.807, 2.05) is 0 Å². The summed E-state index contributed by atoms with van der Waals surface area (Å²) >= 11 is 0. The highest BCUT2D eigenvalue weighted by Crippen LogP contribution is 2.25. The quantitative estimate of drug-likeness (QED) is 0.501. The van der Waals surface area contributed by atoms with Crippen LogP contribution in [0, 0.1) is 5.41 Å². The Kier molecular flexibility index (Phi) is 6.12. The third kappa shape index (κ3) is 4.70. The number of hydrogen-bond donors (Lipinski definition) is 2. The molecule has 0 spiro atoms. The first-order valence-electron chi connectivity index (χ1n) is 5.35. The summed E-state index contributed by atoms with van der Waals surface area (Å²) in [6, 6.07) is 0. The molecule has 0 aromatic rings. The fourth-order valence-electron chi connectivity index (χ4n) is 1.32. The Morgan fingerprint density at radius 1 is 1.35 bits per heavy atom. The minimum absolute atomic E-state index is 0.0163. The zero-order valence-electron chi connectivity index (χ0n) is 10.6. The predicted molar refractivity (Wildman–Crippen MR) is 59.5 cm³/mol. The van der Waals surface area contributed by atoms with Crippen LogP contribution in [-0.2, 0) is 19.1 Å². The Labute approximate surface area is 101 Å². The van der Waals surface area contributed by atoms with E-state index in [2.05, 4.69) is 4.74 Å². The first-order valence-corrected chi connectivity index (χ1v) is 5.35. The van der Waals surface area contributed by atoms with Gasteiger partial charge in [-0.2, -0.15) is 0 Å². The lowest BCUT2D eigenvalue weighted by Gasteiger charge is -2.24. The summed E-state index contributed by atoms with van der Waals surface area (Å²) in [5.41, 5.74) is -1.76. The first kappa shape index (κ1) is 15.9. The summed E-state index contributed by atoms with van der Waals surface area (Å²) in [4.78, 5) is 22.4. The maximum Gasteiger partial charge on any atom is 0.323 e. The summed E-state index contributed by atoms with van der Waals surface area (Å²) in [6.45, 7) is 4.80. The van der Waals surface area contributed by atoms with E-state index in [0.29, 0.717) is 0 Å². The maximum atomic E-state index is 11.4. The lowest BCUT2D eigenvalue weighted by Crippen LogP contribution is -2.41. The monoisotopic (exact) mass is 248 g/mol. The number of methoxy groups -OCH3 is 1. The van der Waals surface area contributed by atoms with Crippen LogP contribution in [-0.4, -0.2) is 48.1 Å². The van der Waals surface area contributed by atoms with Gasteiger partial charge in [-0.1, -0.05) is 0 Å². The van der Waals surface area contributed by atoms with Crippen LogP contribution < -0.4 is 0 Å². The minimum atomic E-state index is -1.76. The molecule has 0 radical (unpaired) electrons. The molecule has 0 saturated carbocycles. The van der Waals surface area contributed by atoms with Crippen molar-refractivity contribution in [2.24, 2.45) is 5.41 Å². The summed E-state index contributed by atoms with van der Waals surface area (Å²) in [5, 5.41) is 18.6. The van der Waals surface area contributed by atoms with E-state index in [0.717, 1.165) is 7.11 Å². The molecule has 0 aliphatic rings. The van der Waals surface area contributed by atoms with E-state index in [1.54, 1.807) is 13.8 Å². The second kappa shape index (κ2) is 6.56. The van der Waals surface area contributed by atoms with E-state index in [4.69, 9.17) is 9.84 Å². The van der Waals surface area contributed by atoms with Gasteiger partial charge >= 0.3 is 11.9 Å². The Morgan fingerprint density at radius 3 is 2.24 bits per heavy atom.